The number of carbonyl (C=O) groups is 1. The largest absolute Gasteiger partial charge is 0.435 e. The second-order valence-corrected chi connectivity index (χ2v) is 3.55. The summed E-state index contributed by atoms with van der Waals surface area (Å²) in [4.78, 5) is 10.9. The summed E-state index contributed by atoms with van der Waals surface area (Å²) in [6, 6.07) is 4.99. The van der Waals surface area contributed by atoms with E-state index in [9.17, 15) is 13.6 Å². The molecule has 0 fully saturated rings. The lowest BCUT2D eigenvalue weighted by atomic mass is 10.0. The number of rotatable bonds is 5. The number of alkyl halides is 2. The third-order valence-corrected chi connectivity index (χ3v) is 2.18. The maximum Gasteiger partial charge on any atom is 0.387 e. The quantitative estimate of drug-likeness (QED) is 0.774. The van der Waals surface area contributed by atoms with Crippen molar-refractivity contribution in [2.75, 3.05) is 0 Å². The van der Waals surface area contributed by atoms with E-state index in [4.69, 9.17) is 0 Å². The summed E-state index contributed by atoms with van der Waals surface area (Å²) in [6.07, 6.45) is 0.853. The molecule has 0 bridgehead atoms. The fourth-order valence-corrected chi connectivity index (χ4v) is 1.49. The number of hydrogen-bond acceptors (Lipinski definition) is 2. The number of Topliss-reactive ketones (excluding diaryl/α,β-unsaturated/α-hetero) is 1. The van der Waals surface area contributed by atoms with Gasteiger partial charge in [-0.15, -0.1) is 0 Å². The third-order valence-electron chi connectivity index (χ3n) is 2.18. The Morgan fingerprint density at radius 1 is 1.44 bits per heavy atom. The molecule has 0 saturated carbocycles. The Labute approximate surface area is 93.2 Å². The minimum absolute atomic E-state index is 0.00718. The first kappa shape index (κ1) is 12.6. The highest BCUT2D eigenvalue weighted by atomic mass is 19.3. The predicted octanol–water partition coefficient (Wildman–Crippen LogP) is 2.98. The number of carbonyl (C=O) groups excluding carboxylic acids is 1. The van der Waals surface area contributed by atoms with Gasteiger partial charge in [-0.1, -0.05) is 19.1 Å². The van der Waals surface area contributed by atoms with Gasteiger partial charge in [0, 0.05) is 6.42 Å². The van der Waals surface area contributed by atoms with Crippen LogP contribution in [-0.2, 0) is 17.6 Å². The van der Waals surface area contributed by atoms with E-state index in [0.717, 1.165) is 0 Å². The molecule has 2 nitrogen and oxygen atoms in total. The third kappa shape index (κ3) is 3.61. The van der Waals surface area contributed by atoms with Gasteiger partial charge in [-0.2, -0.15) is 8.78 Å². The van der Waals surface area contributed by atoms with Gasteiger partial charge in [0.1, 0.15) is 11.5 Å². The molecule has 0 unspecified atom stereocenters. The molecule has 4 heteroatoms. The van der Waals surface area contributed by atoms with Crippen molar-refractivity contribution >= 4 is 5.78 Å². The minimum atomic E-state index is -2.84. The molecule has 0 radical (unpaired) electrons. The van der Waals surface area contributed by atoms with E-state index in [1.165, 1.54) is 13.0 Å². The Bertz CT molecular complexity index is 375. The molecule has 0 aliphatic rings. The summed E-state index contributed by atoms with van der Waals surface area (Å²) < 4.78 is 28.7. The van der Waals surface area contributed by atoms with Crippen LogP contribution < -0.4 is 4.74 Å². The Kier molecular flexibility index (Phi) is 4.40. The Hall–Kier alpha value is -1.45. The molecule has 0 spiro atoms. The van der Waals surface area contributed by atoms with Gasteiger partial charge in [-0.05, 0) is 30.5 Å². The van der Waals surface area contributed by atoms with Crippen LogP contribution in [0.1, 0.15) is 25.0 Å². The fourth-order valence-electron chi connectivity index (χ4n) is 1.49. The summed E-state index contributed by atoms with van der Waals surface area (Å²) in [5, 5.41) is 0. The molecule has 0 aromatic heterocycles. The number of halogens is 2. The highest BCUT2D eigenvalue weighted by Gasteiger charge is 2.10. The van der Waals surface area contributed by atoms with Gasteiger partial charge in [0.25, 0.3) is 0 Å². The molecule has 1 aromatic carbocycles. The minimum Gasteiger partial charge on any atom is -0.435 e. The van der Waals surface area contributed by atoms with Gasteiger partial charge in [-0.3, -0.25) is 4.79 Å². The second-order valence-electron chi connectivity index (χ2n) is 3.55. The maximum absolute atomic E-state index is 12.1. The Morgan fingerprint density at radius 2 is 2.12 bits per heavy atom. The van der Waals surface area contributed by atoms with Crippen molar-refractivity contribution in [2.24, 2.45) is 0 Å². The van der Waals surface area contributed by atoms with Crippen molar-refractivity contribution in [1.29, 1.82) is 0 Å². The van der Waals surface area contributed by atoms with E-state index in [1.54, 1.807) is 12.1 Å². The molecule has 16 heavy (non-hydrogen) atoms. The van der Waals surface area contributed by atoms with Gasteiger partial charge < -0.3 is 4.74 Å². The van der Waals surface area contributed by atoms with Crippen molar-refractivity contribution in [3.05, 3.63) is 29.3 Å². The molecule has 1 aromatic rings. The molecule has 0 N–H and O–H groups in total. The van der Waals surface area contributed by atoms with Crippen LogP contribution in [-0.4, -0.2) is 12.4 Å². The molecule has 0 saturated heterocycles. The van der Waals surface area contributed by atoms with Gasteiger partial charge >= 0.3 is 6.61 Å². The summed E-state index contributed by atoms with van der Waals surface area (Å²) in [5.41, 5.74) is 1.41. The molecular formula is C12H14F2O2. The van der Waals surface area contributed by atoms with Crippen molar-refractivity contribution in [3.8, 4) is 5.75 Å². The number of hydrogen-bond donors (Lipinski definition) is 0. The highest BCUT2D eigenvalue weighted by Crippen LogP contribution is 2.23. The lowest BCUT2D eigenvalue weighted by Crippen LogP contribution is -2.05. The zero-order chi connectivity index (χ0) is 12.1. The van der Waals surface area contributed by atoms with E-state index in [1.807, 2.05) is 6.92 Å². The molecule has 0 aliphatic carbocycles. The van der Waals surface area contributed by atoms with Crippen LogP contribution in [0.4, 0.5) is 8.78 Å². The summed E-state index contributed by atoms with van der Waals surface area (Å²) in [7, 11) is 0. The lowest BCUT2D eigenvalue weighted by Gasteiger charge is -2.10. The lowest BCUT2D eigenvalue weighted by molar-refractivity contribution is -0.116. The van der Waals surface area contributed by atoms with E-state index in [-0.39, 0.29) is 18.0 Å². The molecule has 0 amide bonds. The van der Waals surface area contributed by atoms with Crippen LogP contribution in [0.25, 0.3) is 0 Å². The number of benzene rings is 1. The van der Waals surface area contributed by atoms with Gasteiger partial charge in [0.2, 0.25) is 0 Å². The smallest absolute Gasteiger partial charge is 0.387 e. The molecule has 0 aliphatic heterocycles. The zero-order valence-electron chi connectivity index (χ0n) is 9.30. The van der Waals surface area contributed by atoms with E-state index in [2.05, 4.69) is 4.74 Å². The van der Waals surface area contributed by atoms with Crippen LogP contribution in [0, 0.1) is 0 Å². The molecule has 0 atom stereocenters. The normalized spacial score (nSPS) is 10.6. The summed E-state index contributed by atoms with van der Waals surface area (Å²) in [5.74, 6) is 0.156. The first-order valence-corrected chi connectivity index (χ1v) is 5.09. The molecule has 0 heterocycles. The van der Waals surface area contributed by atoms with Crippen molar-refractivity contribution < 1.29 is 18.3 Å². The average Bonchev–Trinajstić information content (AvgIpc) is 2.16. The van der Waals surface area contributed by atoms with Crippen molar-refractivity contribution in [3.63, 3.8) is 0 Å². The predicted molar refractivity (Wildman–Crippen MR) is 56.8 cm³/mol. The summed E-state index contributed by atoms with van der Waals surface area (Å²) in [6.45, 7) is 0.484. The summed E-state index contributed by atoms with van der Waals surface area (Å²) >= 11 is 0. The van der Waals surface area contributed by atoms with Gasteiger partial charge in [-0.25, -0.2) is 0 Å². The standard InChI is InChI=1S/C12H14F2O2/c1-3-10-5-4-9(6-8(2)15)7-11(10)16-12(13)14/h4-5,7,12H,3,6H2,1-2H3. The fraction of sp³-hybridized carbons (Fsp3) is 0.417. The zero-order valence-corrected chi connectivity index (χ0v) is 9.30. The van der Waals surface area contributed by atoms with Gasteiger partial charge in [0.15, 0.2) is 0 Å². The van der Waals surface area contributed by atoms with Crippen LogP contribution in [0.15, 0.2) is 18.2 Å². The van der Waals surface area contributed by atoms with E-state index < -0.39 is 6.61 Å². The SMILES string of the molecule is CCc1ccc(CC(C)=O)cc1OC(F)F. The van der Waals surface area contributed by atoms with Crippen LogP contribution in [0.2, 0.25) is 0 Å². The number of aryl methyl sites for hydroxylation is 1. The number of ether oxygens (including phenoxy) is 1. The van der Waals surface area contributed by atoms with Crippen LogP contribution in [0.3, 0.4) is 0 Å². The topological polar surface area (TPSA) is 26.3 Å². The van der Waals surface area contributed by atoms with Gasteiger partial charge in [0.05, 0.1) is 0 Å². The average molecular weight is 228 g/mol. The molecular weight excluding hydrogens is 214 g/mol. The molecule has 88 valence electrons. The molecule has 1 rings (SSSR count). The van der Waals surface area contributed by atoms with Crippen LogP contribution in [0.5, 0.6) is 5.75 Å². The van der Waals surface area contributed by atoms with E-state index in [0.29, 0.717) is 17.5 Å². The van der Waals surface area contributed by atoms with Crippen molar-refractivity contribution in [1.82, 2.24) is 0 Å². The first-order chi connectivity index (χ1) is 7.52. The van der Waals surface area contributed by atoms with Crippen molar-refractivity contribution in [2.45, 2.75) is 33.3 Å². The Balaban J connectivity index is 2.96. The Morgan fingerprint density at radius 3 is 2.62 bits per heavy atom. The highest BCUT2D eigenvalue weighted by molar-refractivity contribution is 5.78. The number of ketones is 1. The first-order valence-electron chi connectivity index (χ1n) is 5.09. The maximum atomic E-state index is 12.1. The second kappa shape index (κ2) is 5.58. The van der Waals surface area contributed by atoms with Crippen LogP contribution >= 0.6 is 0 Å². The van der Waals surface area contributed by atoms with E-state index >= 15 is 0 Å². The monoisotopic (exact) mass is 228 g/mol.